The molecule has 7 nitrogen and oxygen atoms in total. The highest BCUT2D eigenvalue weighted by atomic mass is 16.5. The van der Waals surface area contributed by atoms with E-state index in [0.717, 1.165) is 22.3 Å². The molecule has 2 amide bonds. The van der Waals surface area contributed by atoms with Crippen molar-refractivity contribution >= 4 is 18.0 Å². The fourth-order valence-electron chi connectivity index (χ4n) is 4.63. The van der Waals surface area contributed by atoms with Crippen LogP contribution in [0, 0.1) is 11.8 Å². The Kier molecular flexibility index (Phi) is 8.54. The lowest BCUT2D eigenvalue weighted by molar-refractivity contribution is -0.138. The van der Waals surface area contributed by atoms with Crippen molar-refractivity contribution in [2.75, 3.05) is 13.2 Å². The summed E-state index contributed by atoms with van der Waals surface area (Å²) in [5, 5.41) is 14.7. The number of nitrogens with one attached hydrogen (secondary N) is 2. The van der Waals surface area contributed by atoms with Crippen LogP contribution in [0.15, 0.2) is 48.5 Å². The van der Waals surface area contributed by atoms with Crippen LogP contribution in [0.5, 0.6) is 0 Å². The Hall–Kier alpha value is -3.35. The molecule has 0 fully saturated rings. The maximum Gasteiger partial charge on any atom is 0.407 e. The van der Waals surface area contributed by atoms with Crippen molar-refractivity contribution in [2.24, 2.45) is 11.8 Å². The fraction of sp³-hybridized carbons (Fsp3) is 0.464. The molecule has 0 saturated heterocycles. The van der Waals surface area contributed by atoms with Crippen LogP contribution in [0.3, 0.4) is 0 Å². The first-order chi connectivity index (χ1) is 16.6. The monoisotopic (exact) mass is 480 g/mol. The van der Waals surface area contributed by atoms with E-state index >= 15 is 0 Å². The van der Waals surface area contributed by atoms with Gasteiger partial charge >= 0.3 is 12.1 Å². The molecule has 2 aromatic rings. The molecule has 3 rings (SSSR count). The summed E-state index contributed by atoms with van der Waals surface area (Å²) in [5.41, 5.74) is 3.95. The summed E-state index contributed by atoms with van der Waals surface area (Å²) in [4.78, 5) is 36.4. The van der Waals surface area contributed by atoms with Gasteiger partial charge in [-0.2, -0.15) is 0 Å². The van der Waals surface area contributed by atoms with Crippen LogP contribution in [-0.4, -0.2) is 41.8 Å². The Morgan fingerprint density at radius 3 is 2.11 bits per heavy atom. The van der Waals surface area contributed by atoms with Gasteiger partial charge in [-0.3, -0.25) is 9.59 Å². The molecule has 188 valence electrons. The minimum absolute atomic E-state index is 0.0277. The van der Waals surface area contributed by atoms with E-state index in [4.69, 9.17) is 9.84 Å². The smallest absolute Gasteiger partial charge is 0.407 e. The molecular formula is C28H36N2O5. The first kappa shape index (κ1) is 26.3. The fourth-order valence-corrected chi connectivity index (χ4v) is 4.63. The number of fused-ring (bicyclic) bond motifs is 3. The van der Waals surface area contributed by atoms with E-state index in [-0.39, 0.29) is 37.3 Å². The first-order valence-electron chi connectivity index (χ1n) is 12.2. The molecule has 0 aromatic heterocycles. The number of aliphatic carboxylic acids is 1. The zero-order valence-corrected chi connectivity index (χ0v) is 21.0. The Labute approximate surface area is 207 Å². The second kappa shape index (κ2) is 11.4. The summed E-state index contributed by atoms with van der Waals surface area (Å²) >= 11 is 0. The van der Waals surface area contributed by atoms with Crippen LogP contribution in [0.25, 0.3) is 11.1 Å². The maximum atomic E-state index is 12.9. The van der Waals surface area contributed by atoms with Gasteiger partial charge in [0.05, 0.1) is 5.92 Å². The zero-order chi connectivity index (χ0) is 25.6. The molecule has 0 spiro atoms. The van der Waals surface area contributed by atoms with Gasteiger partial charge in [0, 0.05) is 24.4 Å². The second-order valence-electron chi connectivity index (χ2n) is 10.3. The number of hydrogen-bond donors (Lipinski definition) is 3. The Bertz CT molecular complexity index is 1020. The number of carboxylic acids is 1. The minimum atomic E-state index is -0.900. The number of carboxylic acid groups (broad SMARTS) is 1. The lowest BCUT2D eigenvalue weighted by Gasteiger charge is -2.29. The van der Waals surface area contributed by atoms with Crippen molar-refractivity contribution in [2.45, 2.75) is 58.4 Å². The molecule has 1 atom stereocenters. The largest absolute Gasteiger partial charge is 0.481 e. The Morgan fingerprint density at radius 1 is 1.00 bits per heavy atom. The molecule has 0 radical (unpaired) electrons. The molecule has 1 unspecified atom stereocenters. The maximum absolute atomic E-state index is 12.9. The number of benzene rings is 2. The molecule has 0 aliphatic heterocycles. The Morgan fingerprint density at radius 2 is 1.57 bits per heavy atom. The molecule has 1 aliphatic rings. The minimum Gasteiger partial charge on any atom is -0.481 e. The molecule has 0 bridgehead atoms. The second-order valence-corrected chi connectivity index (χ2v) is 10.3. The van der Waals surface area contributed by atoms with Crippen molar-refractivity contribution < 1.29 is 24.2 Å². The van der Waals surface area contributed by atoms with E-state index in [1.54, 1.807) is 13.8 Å². The van der Waals surface area contributed by atoms with E-state index in [9.17, 15) is 14.4 Å². The summed E-state index contributed by atoms with van der Waals surface area (Å²) in [7, 11) is 0. The van der Waals surface area contributed by atoms with E-state index in [0.29, 0.717) is 12.8 Å². The van der Waals surface area contributed by atoms with Crippen molar-refractivity contribution in [3.63, 3.8) is 0 Å². The molecule has 2 aromatic carbocycles. The van der Waals surface area contributed by atoms with Gasteiger partial charge in [0.25, 0.3) is 0 Å². The van der Waals surface area contributed by atoms with Crippen molar-refractivity contribution in [3.8, 4) is 11.1 Å². The predicted molar refractivity (Wildman–Crippen MR) is 135 cm³/mol. The predicted octanol–water partition coefficient (Wildman–Crippen LogP) is 4.95. The van der Waals surface area contributed by atoms with Crippen molar-refractivity contribution in [3.05, 3.63) is 59.7 Å². The summed E-state index contributed by atoms with van der Waals surface area (Å²) in [6.45, 7) is 8.00. The standard InChI is InChI=1S/C28H36N2O5/c1-18(2)15-19(26(33)30-28(3,4)14-13-25(31)32)16-29-27(34)35-17-24-22-11-7-5-9-20(22)21-10-6-8-12-23(21)24/h5-12,18-19,24H,13-17H2,1-4H3,(H,29,34)(H,30,33)(H,31,32). The topological polar surface area (TPSA) is 105 Å². The van der Waals surface area contributed by atoms with Crippen LogP contribution in [0.2, 0.25) is 0 Å². The number of hydrogen-bond acceptors (Lipinski definition) is 4. The average molecular weight is 481 g/mol. The highest BCUT2D eigenvalue weighted by molar-refractivity contribution is 5.81. The number of rotatable bonds is 11. The SMILES string of the molecule is CC(C)CC(CNC(=O)OCC1c2ccccc2-c2ccccc21)C(=O)NC(C)(C)CCC(=O)O. The van der Waals surface area contributed by atoms with Gasteiger partial charge in [-0.25, -0.2) is 4.79 Å². The van der Waals surface area contributed by atoms with Crippen LogP contribution in [-0.2, 0) is 14.3 Å². The highest BCUT2D eigenvalue weighted by Crippen LogP contribution is 2.44. The molecule has 0 heterocycles. The summed E-state index contributed by atoms with van der Waals surface area (Å²) in [5.74, 6) is -1.33. The number of ether oxygens (including phenoxy) is 1. The molecule has 1 aliphatic carbocycles. The van der Waals surface area contributed by atoms with Gasteiger partial charge in [-0.05, 0) is 54.9 Å². The quantitative estimate of drug-likeness (QED) is 0.422. The third kappa shape index (κ3) is 7.07. The number of amides is 2. The van der Waals surface area contributed by atoms with Crippen LogP contribution < -0.4 is 10.6 Å². The number of alkyl carbamates (subject to hydrolysis) is 1. The summed E-state index contributed by atoms with van der Waals surface area (Å²) in [6.07, 6.45) is 0.325. The van der Waals surface area contributed by atoms with E-state index in [1.165, 1.54) is 0 Å². The molecular weight excluding hydrogens is 444 g/mol. The van der Waals surface area contributed by atoms with Gasteiger partial charge in [0.15, 0.2) is 0 Å². The van der Waals surface area contributed by atoms with Gasteiger partial charge < -0.3 is 20.5 Å². The summed E-state index contributed by atoms with van der Waals surface area (Å²) in [6, 6.07) is 16.3. The van der Waals surface area contributed by atoms with Gasteiger partial charge in [0.1, 0.15) is 6.61 Å². The van der Waals surface area contributed by atoms with Crippen molar-refractivity contribution in [1.29, 1.82) is 0 Å². The molecule has 35 heavy (non-hydrogen) atoms. The van der Waals surface area contributed by atoms with Crippen LogP contribution in [0.4, 0.5) is 4.79 Å². The van der Waals surface area contributed by atoms with Crippen LogP contribution in [0.1, 0.15) is 64.0 Å². The lowest BCUT2D eigenvalue weighted by Crippen LogP contribution is -2.49. The Balaban J connectivity index is 1.57. The summed E-state index contributed by atoms with van der Waals surface area (Å²) < 4.78 is 5.59. The zero-order valence-electron chi connectivity index (χ0n) is 21.0. The van der Waals surface area contributed by atoms with Crippen molar-refractivity contribution in [1.82, 2.24) is 10.6 Å². The number of carbonyl (C=O) groups is 3. The third-order valence-electron chi connectivity index (χ3n) is 6.39. The highest BCUT2D eigenvalue weighted by Gasteiger charge is 2.30. The normalized spacial score (nSPS) is 13.6. The molecule has 0 saturated carbocycles. The van der Waals surface area contributed by atoms with Gasteiger partial charge in [-0.1, -0.05) is 62.4 Å². The van der Waals surface area contributed by atoms with E-state index in [2.05, 4.69) is 34.9 Å². The third-order valence-corrected chi connectivity index (χ3v) is 6.39. The van der Waals surface area contributed by atoms with Gasteiger partial charge in [-0.15, -0.1) is 0 Å². The van der Waals surface area contributed by atoms with E-state index < -0.39 is 23.5 Å². The molecule has 7 heteroatoms. The lowest BCUT2D eigenvalue weighted by atomic mass is 9.93. The molecule has 3 N–H and O–H groups in total. The number of carbonyl (C=O) groups excluding carboxylic acids is 2. The van der Waals surface area contributed by atoms with Gasteiger partial charge in [0.2, 0.25) is 5.91 Å². The van der Waals surface area contributed by atoms with E-state index in [1.807, 2.05) is 38.1 Å². The average Bonchev–Trinajstić information content (AvgIpc) is 3.12. The van der Waals surface area contributed by atoms with Crippen LogP contribution >= 0.6 is 0 Å². The first-order valence-corrected chi connectivity index (χ1v) is 12.2.